The number of hydrogen-bond donors (Lipinski definition) is 0. The molecule has 24 heavy (non-hydrogen) atoms. The summed E-state index contributed by atoms with van der Waals surface area (Å²) in [7, 11) is 3.30. The minimum atomic E-state index is -0.465. The largest absolute Gasteiger partial charge is 0.497 e. The Morgan fingerprint density at radius 3 is 2.33 bits per heavy atom. The number of carbonyl (C=O) groups is 1. The van der Waals surface area contributed by atoms with E-state index in [0.29, 0.717) is 0 Å². The van der Waals surface area contributed by atoms with Gasteiger partial charge >= 0.3 is 0 Å². The van der Waals surface area contributed by atoms with Crippen molar-refractivity contribution in [3.05, 3.63) is 53.6 Å². The molecule has 1 aliphatic rings. The van der Waals surface area contributed by atoms with Crippen molar-refractivity contribution in [2.24, 2.45) is 0 Å². The summed E-state index contributed by atoms with van der Waals surface area (Å²) in [5.74, 6) is 2.57. The maximum Gasteiger partial charge on any atom is 0.175 e. The van der Waals surface area contributed by atoms with Crippen LogP contribution in [0.15, 0.2) is 47.4 Å². The molecular weight excluding hydrogens is 320 g/mol. The minimum absolute atomic E-state index is 0.214. The van der Waals surface area contributed by atoms with Gasteiger partial charge in [-0.1, -0.05) is 25.5 Å². The van der Waals surface area contributed by atoms with Crippen molar-refractivity contribution in [1.29, 1.82) is 0 Å². The fourth-order valence-electron chi connectivity index (χ4n) is 3.34. The van der Waals surface area contributed by atoms with Gasteiger partial charge in [0.25, 0.3) is 0 Å². The zero-order valence-electron chi connectivity index (χ0n) is 14.3. The molecule has 0 spiro atoms. The maximum atomic E-state index is 13.4. The van der Waals surface area contributed by atoms with E-state index in [4.69, 9.17) is 9.47 Å². The molecule has 1 aliphatic heterocycles. The van der Waals surface area contributed by atoms with E-state index in [0.717, 1.165) is 46.1 Å². The van der Waals surface area contributed by atoms with E-state index >= 15 is 0 Å². The second-order valence-electron chi connectivity index (χ2n) is 6.04. The first kappa shape index (κ1) is 16.9. The molecule has 0 fully saturated rings. The number of methoxy groups -OCH3 is 2. The number of rotatable bonds is 5. The van der Waals surface area contributed by atoms with Gasteiger partial charge in [0.05, 0.1) is 19.6 Å². The molecule has 0 radical (unpaired) electrons. The van der Waals surface area contributed by atoms with E-state index in [9.17, 15) is 4.79 Å². The third-order valence-corrected chi connectivity index (χ3v) is 5.95. The number of benzene rings is 2. The lowest BCUT2D eigenvalue weighted by Gasteiger charge is -2.36. The molecule has 0 bridgehead atoms. The zero-order chi connectivity index (χ0) is 17.2. The van der Waals surface area contributed by atoms with Crippen molar-refractivity contribution in [3.8, 4) is 11.5 Å². The summed E-state index contributed by atoms with van der Waals surface area (Å²) in [5.41, 5.74) is 1.41. The van der Waals surface area contributed by atoms with Gasteiger partial charge in [0, 0.05) is 16.2 Å². The maximum absolute atomic E-state index is 13.4. The van der Waals surface area contributed by atoms with Crippen LogP contribution in [0.3, 0.4) is 0 Å². The van der Waals surface area contributed by atoms with Crippen LogP contribution in [0.4, 0.5) is 0 Å². The molecule has 0 saturated carbocycles. The van der Waals surface area contributed by atoms with E-state index < -0.39 is 5.41 Å². The Balaban J connectivity index is 2.05. The van der Waals surface area contributed by atoms with Gasteiger partial charge in [-0.15, -0.1) is 11.8 Å². The average Bonchev–Trinajstić information content (AvgIpc) is 2.64. The molecule has 0 N–H and O–H groups in total. The summed E-state index contributed by atoms with van der Waals surface area (Å²) in [6.45, 7) is 2.13. The number of ketones is 1. The summed E-state index contributed by atoms with van der Waals surface area (Å²) >= 11 is 1.74. The molecule has 2 aromatic rings. The normalized spacial score (nSPS) is 19.7. The third kappa shape index (κ3) is 2.80. The third-order valence-electron chi connectivity index (χ3n) is 4.66. The van der Waals surface area contributed by atoms with Crippen LogP contribution in [-0.2, 0) is 5.41 Å². The molecule has 3 rings (SSSR count). The number of carbonyl (C=O) groups excluding carboxylic acids is 1. The van der Waals surface area contributed by atoms with Crippen LogP contribution in [0, 0.1) is 0 Å². The number of hydrogen-bond acceptors (Lipinski definition) is 4. The molecule has 0 aliphatic carbocycles. The lowest BCUT2D eigenvalue weighted by molar-refractivity contribution is 0.0884. The number of Topliss-reactive ketones (excluding diaryl/α,β-unsaturated/α-hetero) is 1. The van der Waals surface area contributed by atoms with E-state index in [1.807, 2.05) is 42.5 Å². The van der Waals surface area contributed by atoms with E-state index in [2.05, 4.69) is 6.92 Å². The molecule has 1 unspecified atom stereocenters. The fraction of sp³-hybridized carbons (Fsp3) is 0.350. The van der Waals surface area contributed by atoms with Crippen LogP contribution in [-0.4, -0.2) is 25.8 Å². The molecule has 4 heteroatoms. The molecule has 1 heterocycles. The second kappa shape index (κ2) is 6.89. The number of thioether (sulfide) groups is 1. The summed E-state index contributed by atoms with van der Waals surface area (Å²) < 4.78 is 10.5. The highest BCUT2D eigenvalue weighted by Crippen LogP contribution is 2.45. The predicted octanol–water partition coefficient (Wildman–Crippen LogP) is 4.73. The summed E-state index contributed by atoms with van der Waals surface area (Å²) in [6.07, 6.45) is 1.81. The van der Waals surface area contributed by atoms with Gasteiger partial charge in [-0.2, -0.15) is 0 Å². The van der Waals surface area contributed by atoms with Crippen LogP contribution in [0.2, 0.25) is 0 Å². The van der Waals surface area contributed by atoms with Crippen molar-refractivity contribution in [2.75, 3.05) is 20.0 Å². The smallest absolute Gasteiger partial charge is 0.175 e. The van der Waals surface area contributed by atoms with Crippen molar-refractivity contribution in [3.63, 3.8) is 0 Å². The number of ether oxygens (including phenoxy) is 2. The van der Waals surface area contributed by atoms with Crippen LogP contribution in [0.5, 0.6) is 11.5 Å². The lowest BCUT2D eigenvalue weighted by atomic mass is 9.72. The monoisotopic (exact) mass is 342 g/mol. The van der Waals surface area contributed by atoms with Gasteiger partial charge in [-0.3, -0.25) is 4.79 Å². The highest BCUT2D eigenvalue weighted by Gasteiger charge is 2.43. The van der Waals surface area contributed by atoms with Gasteiger partial charge < -0.3 is 9.47 Å². The Hall–Kier alpha value is -1.94. The molecule has 126 valence electrons. The van der Waals surface area contributed by atoms with Crippen LogP contribution < -0.4 is 9.47 Å². The highest BCUT2D eigenvalue weighted by atomic mass is 32.2. The quantitative estimate of drug-likeness (QED) is 0.787. The first-order valence-electron chi connectivity index (χ1n) is 8.15. The Labute approximate surface area is 147 Å². The van der Waals surface area contributed by atoms with Gasteiger partial charge in [-0.05, 0) is 42.3 Å². The summed E-state index contributed by atoms with van der Waals surface area (Å²) in [5, 5.41) is 0. The Morgan fingerprint density at radius 1 is 1.04 bits per heavy atom. The van der Waals surface area contributed by atoms with Crippen LogP contribution in [0.25, 0.3) is 0 Å². The molecular formula is C20H22O3S. The fourth-order valence-corrected chi connectivity index (χ4v) is 4.70. The Morgan fingerprint density at radius 2 is 1.71 bits per heavy atom. The van der Waals surface area contributed by atoms with Gasteiger partial charge in [0.1, 0.15) is 11.5 Å². The molecule has 1 atom stereocenters. The van der Waals surface area contributed by atoms with E-state index in [1.54, 1.807) is 26.0 Å². The predicted molar refractivity (Wildman–Crippen MR) is 97.6 cm³/mol. The molecule has 0 amide bonds. The minimum Gasteiger partial charge on any atom is -0.497 e. The SMILES string of the molecule is CCCC1(c2ccc(OC)cc2)CSc2cc(OC)ccc2C1=O. The first-order chi connectivity index (χ1) is 11.6. The molecule has 2 aromatic carbocycles. The average molecular weight is 342 g/mol. The van der Waals surface area contributed by atoms with Crippen molar-refractivity contribution >= 4 is 17.5 Å². The van der Waals surface area contributed by atoms with Crippen molar-refractivity contribution in [1.82, 2.24) is 0 Å². The van der Waals surface area contributed by atoms with Gasteiger partial charge in [0.2, 0.25) is 0 Å². The lowest BCUT2D eigenvalue weighted by Crippen LogP contribution is -2.41. The highest BCUT2D eigenvalue weighted by molar-refractivity contribution is 7.99. The molecule has 3 nitrogen and oxygen atoms in total. The van der Waals surface area contributed by atoms with Crippen LogP contribution >= 0.6 is 11.8 Å². The summed E-state index contributed by atoms with van der Waals surface area (Å²) in [4.78, 5) is 14.4. The zero-order valence-corrected chi connectivity index (χ0v) is 15.1. The van der Waals surface area contributed by atoms with Crippen molar-refractivity contribution < 1.29 is 14.3 Å². The number of fused-ring (bicyclic) bond motifs is 1. The Kier molecular flexibility index (Phi) is 4.86. The standard InChI is InChI=1S/C20H22O3S/c1-4-11-20(14-5-7-15(22-2)8-6-14)13-24-18-12-16(23-3)9-10-17(18)19(20)21/h5-10,12H,4,11,13H2,1-3H3. The van der Waals surface area contributed by atoms with Crippen molar-refractivity contribution in [2.45, 2.75) is 30.1 Å². The van der Waals surface area contributed by atoms with Crippen LogP contribution in [0.1, 0.15) is 35.7 Å². The van der Waals surface area contributed by atoms with Gasteiger partial charge in [0.15, 0.2) is 5.78 Å². The second-order valence-corrected chi connectivity index (χ2v) is 7.06. The topological polar surface area (TPSA) is 35.5 Å². The molecule has 0 aromatic heterocycles. The van der Waals surface area contributed by atoms with E-state index in [-0.39, 0.29) is 5.78 Å². The van der Waals surface area contributed by atoms with Gasteiger partial charge in [-0.25, -0.2) is 0 Å². The first-order valence-corrected chi connectivity index (χ1v) is 9.13. The van der Waals surface area contributed by atoms with E-state index in [1.165, 1.54) is 0 Å². The molecule has 0 saturated heterocycles. The summed E-state index contributed by atoms with van der Waals surface area (Å²) in [6, 6.07) is 13.7. The Bertz CT molecular complexity index is 739.